The van der Waals surface area contributed by atoms with Gasteiger partial charge >= 0.3 is 0 Å². The van der Waals surface area contributed by atoms with Crippen molar-refractivity contribution in [3.8, 4) is 0 Å². The molecular formula is C6H12N2O2S2. The molecule has 0 amide bonds. The summed E-state index contributed by atoms with van der Waals surface area (Å²) in [6.07, 6.45) is 1.11. The van der Waals surface area contributed by atoms with Crippen LogP contribution >= 0.6 is 12.2 Å². The molecule has 0 fully saturated rings. The molecule has 0 radical (unpaired) electrons. The Morgan fingerprint density at radius 1 is 1.58 bits per heavy atom. The van der Waals surface area contributed by atoms with Gasteiger partial charge in [0.2, 0.25) is 10.0 Å². The minimum Gasteiger partial charge on any atom is -0.231 e. The number of thiocarbonyl (C=S) groups is 1. The van der Waals surface area contributed by atoms with Gasteiger partial charge in [-0.25, -0.2) is 18.1 Å². The Labute approximate surface area is 78.1 Å². The third kappa shape index (κ3) is 6.42. The summed E-state index contributed by atoms with van der Waals surface area (Å²) < 4.78 is 24.0. The van der Waals surface area contributed by atoms with Crippen LogP contribution in [0, 0.1) is 0 Å². The zero-order chi connectivity index (χ0) is 9.83. The van der Waals surface area contributed by atoms with Crippen molar-refractivity contribution in [2.75, 3.05) is 12.8 Å². The summed E-state index contributed by atoms with van der Waals surface area (Å²) in [6, 6.07) is 0. The number of nitrogens with one attached hydrogen (secondary N) is 1. The third-order valence-electron chi connectivity index (χ3n) is 1.00. The van der Waals surface area contributed by atoms with Gasteiger partial charge in [-0.15, -0.1) is 0 Å². The van der Waals surface area contributed by atoms with E-state index in [0.29, 0.717) is 6.54 Å². The van der Waals surface area contributed by atoms with Crippen molar-refractivity contribution >= 4 is 27.4 Å². The maximum absolute atomic E-state index is 10.8. The minimum atomic E-state index is -3.18. The van der Waals surface area contributed by atoms with Crippen LogP contribution in [0.2, 0.25) is 0 Å². The Balaban J connectivity index is 4.32. The van der Waals surface area contributed by atoms with Crippen LogP contribution in [0.3, 0.4) is 0 Å². The Morgan fingerprint density at radius 3 is 2.42 bits per heavy atom. The van der Waals surface area contributed by atoms with Crippen LogP contribution in [0.5, 0.6) is 0 Å². The van der Waals surface area contributed by atoms with E-state index in [0.717, 1.165) is 6.26 Å². The van der Waals surface area contributed by atoms with E-state index in [4.69, 9.17) is 0 Å². The molecule has 0 aromatic heterocycles. The molecule has 0 saturated heterocycles. The first kappa shape index (κ1) is 11.7. The highest BCUT2D eigenvalue weighted by atomic mass is 32.2. The number of hydrogen-bond acceptors (Lipinski definition) is 4. The van der Waals surface area contributed by atoms with Gasteiger partial charge in [0.25, 0.3) is 0 Å². The summed E-state index contributed by atoms with van der Waals surface area (Å²) in [5.74, 6) is 0. The molecule has 12 heavy (non-hydrogen) atoms. The van der Waals surface area contributed by atoms with Crippen molar-refractivity contribution in [1.82, 2.24) is 4.72 Å². The van der Waals surface area contributed by atoms with E-state index in [1.54, 1.807) is 13.8 Å². The summed E-state index contributed by atoms with van der Waals surface area (Å²) in [7, 11) is -3.18. The highest BCUT2D eigenvalue weighted by Gasteiger charge is 2.21. The lowest BCUT2D eigenvalue weighted by atomic mass is 10.1. The second-order valence-electron chi connectivity index (χ2n) is 3.17. The Morgan fingerprint density at radius 2 is 2.08 bits per heavy atom. The maximum Gasteiger partial charge on any atom is 0.209 e. The number of hydrogen-bond donors (Lipinski definition) is 1. The van der Waals surface area contributed by atoms with Crippen LogP contribution in [0.4, 0.5) is 0 Å². The lowest BCUT2D eigenvalue weighted by Crippen LogP contribution is -2.45. The van der Waals surface area contributed by atoms with E-state index in [9.17, 15) is 8.42 Å². The molecule has 70 valence electrons. The highest BCUT2D eigenvalue weighted by Crippen LogP contribution is 2.03. The predicted molar refractivity (Wildman–Crippen MR) is 52.0 cm³/mol. The van der Waals surface area contributed by atoms with Crippen molar-refractivity contribution in [2.45, 2.75) is 19.4 Å². The molecule has 0 aliphatic heterocycles. The number of isothiocyanates is 1. The normalized spacial score (nSPS) is 12.2. The summed E-state index contributed by atoms with van der Waals surface area (Å²) in [6.45, 7) is 3.75. The first-order chi connectivity index (χ1) is 5.27. The molecule has 0 aliphatic carbocycles. The largest absolute Gasteiger partial charge is 0.231 e. The number of nitrogens with zero attached hydrogens (tertiary/aromatic N) is 1. The van der Waals surface area contributed by atoms with E-state index in [2.05, 4.69) is 27.1 Å². The third-order valence-corrected chi connectivity index (χ3v) is 2.05. The lowest BCUT2D eigenvalue weighted by Gasteiger charge is -2.21. The summed E-state index contributed by atoms with van der Waals surface area (Å²) in [5, 5.41) is 2.18. The second-order valence-corrected chi connectivity index (χ2v) is 5.10. The van der Waals surface area contributed by atoms with E-state index < -0.39 is 15.6 Å². The topological polar surface area (TPSA) is 58.5 Å². The van der Waals surface area contributed by atoms with Crippen molar-refractivity contribution < 1.29 is 8.42 Å². The highest BCUT2D eigenvalue weighted by molar-refractivity contribution is 7.88. The van der Waals surface area contributed by atoms with Crippen LogP contribution in [-0.2, 0) is 10.0 Å². The fourth-order valence-corrected chi connectivity index (χ4v) is 1.90. The predicted octanol–water partition coefficient (Wildman–Crippen LogP) is 0.417. The molecule has 1 N–H and O–H groups in total. The smallest absolute Gasteiger partial charge is 0.209 e. The van der Waals surface area contributed by atoms with Crippen LogP contribution in [0.15, 0.2) is 4.99 Å². The standard InChI is InChI=1S/C6H12N2O2S2/c1-6(2,4-7-5-11)8-12(3,9)10/h8H,4H2,1-3H3. The average molecular weight is 208 g/mol. The van der Waals surface area contributed by atoms with Crippen molar-refractivity contribution in [1.29, 1.82) is 0 Å². The van der Waals surface area contributed by atoms with Crippen LogP contribution < -0.4 is 4.72 Å². The Kier molecular flexibility index (Phi) is 3.99. The molecule has 0 heterocycles. The van der Waals surface area contributed by atoms with E-state index in [1.165, 1.54) is 0 Å². The zero-order valence-electron chi connectivity index (χ0n) is 7.29. The molecule has 0 saturated carbocycles. The summed E-state index contributed by atoms with van der Waals surface area (Å²) >= 11 is 4.37. The lowest BCUT2D eigenvalue weighted by molar-refractivity contribution is 0.467. The summed E-state index contributed by atoms with van der Waals surface area (Å²) in [4.78, 5) is 3.67. The van der Waals surface area contributed by atoms with Crippen molar-refractivity contribution in [3.63, 3.8) is 0 Å². The average Bonchev–Trinajstić information content (AvgIpc) is 1.78. The molecule has 0 aliphatic rings. The molecule has 0 rings (SSSR count). The SMILES string of the molecule is CC(C)(CN=C=S)NS(C)(=O)=O. The van der Waals surface area contributed by atoms with Crippen LogP contribution in [0.25, 0.3) is 0 Å². The van der Waals surface area contributed by atoms with Gasteiger partial charge < -0.3 is 0 Å². The molecule has 4 nitrogen and oxygen atoms in total. The van der Waals surface area contributed by atoms with Gasteiger partial charge in [-0.2, -0.15) is 0 Å². The van der Waals surface area contributed by atoms with Gasteiger partial charge in [0, 0.05) is 5.54 Å². The molecule has 0 aromatic rings. The molecule has 0 atom stereocenters. The molecule has 0 aromatic carbocycles. The van der Waals surface area contributed by atoms with Gasteiger partial charge in [-0.3, -0.25) is 0 Å². The zero-order valence-corrected chi connectivity index (χ0v) is 8.92. The number of sulfonamides is 1. The van der Waals surface area contributed by atoms with Crippen molar-refractivity contribution in [3.05, 3.63) is 0 Å². The molecule has 0 spiro atoms. The molecular weight excluding hydrogens is 196 g/mol. The number of rotatable bonds is 4. The molecule has 0 unspecified atom stereocenters. The second kappa shape index (κ2) is 4.09. The number of aliphatic imine (C=N–C) groups is 1. The first-order valence-corrected chi connectivity index (χ1v) is 5.59. The van der Waals surface area contributed by atoms with Gasteiger partial charge in [-0.1, -0.05) is 0 Å². The fourth-order valence-electron chi connectivity index (χ4n) is 0.764. The van der Waals surface area contributed by atoms with Crippen LogP contribution in [-0.4, -0.2) is 31.9 Å². The monoisotopic (exact) mass is 208 g/mol. The quantitative estimate of drug-likeness (QED) is 0.538. The van der Waals surface area contributed by atoms with Crippen LogP contribution in [0.1, 0.15) is 13.8 Å². The minimum absolute atomic E-state index is 0.295. The van der Waals surface area contributed by atoms with E-state index in [1.807, 2.05) is 0 Å². The summed E-state index contributed by atoms with van der Waals surface area (Å²) in [5.41, 5.74) is -0.598. The molecule has 0 bridgehead atoms. The van der Waals surface area contributed by atoms with E-state index in [-0.39, 0.29) is 0 Å². The molecule has 6 heteroatoms. The van der Waals surface area contributed by atoms with Gasteiger partial charge in [-0.05, 0) is 26.1 Å². The maximum atomic E-state index is 10.8. The van der Waals surface area contributed by atoms with Gasteiger partial charge in [0.05, 0.1) is 18.0 Å². The van der Waals surface area contributed by atoms with Gasteiger partial charge in [0.1, 0.15) is 0 Å². The Hall–Kier alpha value is -0.290. The van der Waals surface area contributed by atoms with Crippen molar-refractivity contribution in [2.24, 2.45) is 4.99 Å². The fraction of sp³-hybridized carbons (Fsp3) is 0.833. The van der Waals surface area contributed by atoms with Gasteiger partial charge in [0.15, 0.2) is 0 Å². The Bertz CT molecular complexity index is 289. The first-order valence-electron chi connectivity index (χ1n) is 3.29. The van der Waals surface area contributed by atoms with E-state index >= 15 is 0 Å².